The molecule has 0 aliphatic rings. The SMILES string of the molecule is COc1ccc(C(=O)NC(CI)C(C)C)cc1. The normalized spacial score (nSPS) is 12.3. The first-order chi connectivity index (χ1) is 8.08. The van der Waals surface area contributed by atoms with Crippen LogP contribution in [-0.2, 0) is 0 Å². The van der Waals surface area contributed by atoms with Gasteiger partial charge in [-0.3, -0.25) is 4.79 Å². The van der Waals surface area contributed by atoms with Crippen molar-refractivity contribution in [2.45, 2.75) is 19.9 Å². The molecule has 0 fully saturated rings. The Morgan fingerprint density at radius 1 is 1.35 bits per heavy atom. The monoisotopic (exact) mass is 347 g/mol. The van der Waals surface area contributed by atoms with Crippen molar-refractivity contribution in [2.24, 2.45) is 5.92 Å². The minimum absolute atomic E-state index is 0.0250. The molecule has 0 saturated heterocycles. The fourth-order valence-electron chi connectivity index (χ4n) is 1.38. The average molecular weight is 347 g/mol. The summed E-state index contributed by atoms with van der Waals surface area (Å²) in [5, 5.41) is 3.03. The van der Waals surface area contributed by atoms with E-state index in [9.17, 15) is 4.79 Å². The summed E-state index contributed by atoms with van der Waals surface area (Å²) in [6, 6.07) is 7.36. The molecule has 0 saturated carbocycles. The number of amides is 1. The zero-order chi connectivity index (χ0) is 12.8. The van der Waals surface area contributed by atoms with E-state index in [0.717, 1.165) is 10.2 Å². The smallest absolute Gasteiger partial charge is 0.251 e. The van der Waals surface area contributed by atoms with E-state index in [1.165, 1.54) is 0 Å². The average Bonchev–Trinajstić information content (AvgIpc) is 2.35. The quantitative estimate of drug-likeness (QED) is 0.657. The van der Waals surface area contributed by atoms with Crippen LogP contribution in [0.15, 0.2) is 24.3 Å². The van der Waals surface area contributed by atoms with Gasteiger partial charge >= 0.3 is 0 Å². The van der Waals surface area contributed by atoms with E-state index in [4.69, 9.17) is 4.74 Å². The van der Waals surface area contributed by atoms with Crippen molar-refractivity contribution in [1.29, 1.82) is 0 Å². The Bertz CT molecular complexity index is 362. The summed E-state index contributed by atoms with van der Waals surface area (Å²) in [5.74, 6) is 1.17. The Balaban J connectivity index is 2.68. The van der Waals surface area contributed by atoms with Crippen LogP contribution < -0.4 is 10.1 Å². The predicted molar refractivity (Wildman–Crippen MR) is 78.0 cm³/mol. The number of benzene rings is 1. The van der Waals surface area contributed by atoms with Crippen LogP contribution in [0, 0.1) is 5.92 Å². The first-order valence-electron chi connectivity index (χ1n) is 5.59. The Kier molecular flexibility index (Phi) is 5.74. The number of rotatable bonds is 5. The highest BCUT2D eigenvalue weighted by Gasteiger charge is 2.15. The molecule has 1 aromatic rings. The molecule has 0 aromatic heterocycles. The maximum atomic E-state index is 12.0. The summed E-state index contributed by atoms with van der Waals surface area (Å²) in [4.78, 5) is 12.0. The van der Waals surface area contributed by atoms with Crippen molar-refractivity contribution in [3.63, 3.8) is 0 Å². The Labute approximate surface area is 116 Å². The van der Waals surface area contributed by atoms with Crippen LogP contribution in [0.25, 0.3) is 0 Å². The van der Waals surface area contributed by atoms with Crippen molar-refractivity contribution in [1.82, 2.24) is 5.32 Å². The van der Waals surface area contributed by atoms with Crippen molar-refractivity contribution in [2.75, 3.05) is 11.5 Å². The van der Waals surface area contributed by atoms with Crippen LogP contribution in [0.1, 0.15) is 24.2 Å². The van der Waals surface area contributed by atoms with Gasteiger partial charge in [0.15, 0.2) is 0 Å². The topological polar surface area (TPSA) is 38.3 Å². The fraction of sp³-hybridized carbons (Fsp3) is 0.462. The highest BCUT2D eigenvalue weighted by atomic mass is 127. The summed E-state index contributed by atoms with van der Waals surface area (Å²) in [6.45, 7) is 4.22. The molecule has 1 amide bonds. The molecule has 0 aliphatic heterocycles. The van der Waals surface area contributed by atoms with Gasteiger partial charge < -0.3 is 10.1 Å². The number of nitrogens with one attached hydrogen (secondary N) is 1. The van der Waals surface area contributed by atoms with Gasteiger partial charge in [0.25, 0.3) is 5.91 Å². The molecule has 1 unspecified atom stereocenters. The molecule has 0 heterocycles. The van der Waals surface area contributed by atoms with E-state index in [-0.39, 0.29) is 11.9 Å². The number of halogens is 1. The summed E-state index contributed by atoms with van der Waals surface area (Å²) in [5.41, 5.74) is 0.668. The third-order valence-electron chi connectivity index (χ3n) is 2.64. The lowest BCUT2D eigenvalue weighted by Gasteiger charge is -2.19. The molecule has 1 rings (SSSR count). The molecule has 1 N–H and O–H groups in total. The van der Waals surface area contributed by atoms with Gasteiger partial charge in [0.05, 0.1) is 7.11 Å². The molecule has 0 aliphatic carbocycles. The maximum Gasteiger partial charge on any atom is 0.251 e. The van der Waals surface area contributed by atoms with Crippen LogP contribution in [0.2, 0.25) is 0 Å². The molecule has 4 heteroatoms. The molecule has 94 valence electrons. The first kappa shape index (κ1) is 14.3. The lowest BCUT2D eigenvalue weighted by Crippen LogP contribution is -2.39. The fourth-order valence-corrected chi connectivity index (χ4v) is 2.61. The molecule has 1 aromatic carbocycles. The van der Waals surface area contributed by atoms with Crippen LogP contribution in [0.4, 0.5) is 0 Å². The van der Waals surface area contributed by atoms with Gasteiger partial charge in [-0.15, -0.1) is 0 Å². The lowest BCUT2D eigenvalue weighted by atomic mass is 10.1. The van der Waals surface area contributed by atoms with Gasteiger partial charge in [-0.2, -0.15) is 0 Å². The highest BCUT2D eigenvalue weighted by molar-refractivity contribution is 14.1. The zero-order valence-corrected chi connectivity index (χ0v) is 12.5. The van der Waals surface area contributed by atoms with Crippen molar-refractivity contribution in [3.8, 4) is 5.75 Å². The molecular weight excluding hydrogens is 329 g/mol. The van der Waals surface area contributed by atoms with Crippen LogP contribution in [0.3, 0.4) is 0 Å². The van der Waals surface area contributed by atoms with Crippen LogP contribution in [0.5, 0.6) is 5.75 Å². The molecule has 0 radical (unpaired) electrons. The van der Waals surface area contributed by atoms with Crippen LogP contribution in [-0.4, -0.2) is 23.5 Å². The van der Waals surface area contributed by atoms with Gasteiger partial charge in [0, 0.05) is 16.0 Å². The van der Waals surface area contributed by atoms with E-state index in [1.54, 1.807) is 31.4 Å². The van der Waals surface area contributed by atoms with Crippen molar-refractivity contribution in [3.05, 3.63) is 29.8 Å². The van der Waals surface area contributed by atoms with Gasteiger partial charge in [-0.1, -0.05) is 36.4 Å². The molecule has 17 heavy (non-hydrogen) atoms. The van der Waals surface area contributed by atoms with Crippen LogP contribution >= 0.6 is 22.6 Å². The predicted octanol–water partition coefficient (Wildman–Crippen LogP) is 2.88. The summed E-state index contributed by atoms with van der Waals surface area (Å²) >= 11 is 2.29. The summed E-state index contributed by atoms with van der Waals surface area (Å²) in [7, 11) is 1.61. The van der Waals surface area contributed by atoms with E-state index >= 15 is 0 Å². The standard InChI is InChI=1S/C13H18INO2/c1-9(2)12(8-14)15-13(16)10-4-6-11(17-3)7-5-10/h4-7,9,12H,8H2,1-3H3,(H,15,16). The van der Waals surface area contributed by atoms with Gasteiger partial charge in [-0.25, -0.2) is 0 Å². The Morgan fingerprint density at radius 3 is 2.35 bits per heavy atom. The molecule has 0 bridgehead atoms. The number of ether oxygens (including phenoxy) is 1. The number of methoxy groups -OCH3 is 1. The largest absolute Gasteiger partial charge is 0.497 e. The van der Waals surface area contributed by atoms with Crippen molar-refractivity contribution < 1.29 is 9.53 Å². The third kappa shape index (κ3) is 4.18. The van der Waals surface area contributed by atoms with E-state index in [2.05, 4.69) is 41.8 Å². The minimum atomic E-state index is -0.0250. The molecule has 0 spiro atoms. The molecule has 3 nitrogen and oxygen atoms in total. The minimum Gasteiger partial charge on any atom is -0.497 e. The number of carbonyl (C=O) groups excluding carboxylic acids is 1. The first-order valence-corrected chi connectivity index (χ1v) is 7.12. The lowest BCUT2D eigenvalue weighted by molar-refractivity contribution is 0.0932. The van der Waals surface area contributed by atoms with E-state index in [1.807, 2.05) is 0 Å². The maximum absolute atomic E-state index is 12.0. The van der Waals surface area contributed by atoms with E-state index < -0.39 is 0 Å². The number of hydrogen-bond donors (Lipinski definition) is 1. The van der Waals surface area contributed by atoms with Gasteiger partial charge in [-0.05, 0) is 30.2 Å². The number of carbonyl (C=O) groups is 1. The summed E-state index contributed by atoms with van der Waals surface area (Å²) in [6.07, 6.45) is 0. The van der Waals surface area contributed by atoms with Crippen molar-refractivity contribution >= 4 is 28.5 Å². The number of alkyl halides is 1. The zero-order valence-electron chi connectivity index (χ0n) is 10.4. The second-order valence-corrected chi connectivity index (χ2v) is 5.09. The number of hydrogen-bond acceptors (Lipinski definition) is 2. The third-order valence-corrected chi connectivity index (χ3v) is 3.59. The Hall–Kier alpha value is -0.780. The van der Waals surface area contributed by atoms with Gasteiger partial charge in [0.2, 0.25) is 0 Å². The van der Waals surface area contributed by atoms with E-state index in [0.29, 0.717) is 11.5 Å². The highest BCUT2D eigenvalue weighted by Crippen LogP contribution is 2.12. The molecular formula is C13H18INO2. The second-order valence-electron chi connectivity index (χ2n) is 4.21. The summed E-state index contributed by atoms with van der Waals surface area (Å²) < 4.78 is 5.97. The molecule has 1 atom stereocenters. The second kappa shape index (κ2) is 6.83. The Morgan fingerprint density at radius 2 is 1.94 bits per heavy atom. The van der Waals surface area contributed by atoms with Gasteiger partial charge in [0.1, 0.15) is 5.75 Å².